The Morgan fingerprint density at radius 3 is 1.44 bits per heavy atom. The molecule has 0 fully saturated rings. The minimum absolute atomic E-state index is 0.345. The van der Waals surface area contributed by atoms with Gasteiger partial charge in [-0.15, -0.1) is 0 Å². The van der Waals surface area contributed by atoms with Gasteiger partial charge in [-0.25, -0.2) is 0 Å². The lowest BCUT2D eigenvalue weighted by Crippen LogP contribution is -2.25. The van der Waals surface area contributed by atoms with Gasteiger partial charge in [0.25, 0.3) is 0 Å². The highest BCUT2D eigenvalue weighted by Gasteiger charge is 2.51. The molecule has 3 aliphatic rings. The summed E-state index contributed by atoms with van der Waals surface area (Å²) < 4.78 is 0. The molecule has 0 radical (unpaired) electrons. The van der Waals surface area contributed by atoms with Gasteiger partial charge in [0.2, 0.25) is 0 Å². The van der Waals surface area contributed by atoms with Crippen LogP contribution in [-0.4, -0.2) is 0 Å². The number of anilines is 3. The second kappa shape index (κ2) is 11.5. The van der Waals surface area contributed by atoms with Gasteiger partial charge in [-0.1, -0.05) is 152 Å². The lowest BCUT2D eigenvalue weighted by molar-refractivity contribution is 0.794. The molecule has 0 heterocycles. The van der Waals surface area contributed by atoms with E-state index in [1.54, 1.807) is 0 Å². The van der Waals surface area contributed by atoms with Crippen molar-refractivity contribution >= 4 is 22.6 Å². The van der Waals surface area contributed by atoms with Crippen molar-refractivity contribution in [2.45, 2.75) is 18.3 Å². The average Bonchev–Trinajstić information content (AvgIpc) is 3.66. The molecule has 0 unspecified atom stereocenters. The quantitative estimate of drug-likeness (QED) is 0.181. The van der Waals surface area contributed by atoms with Crippen LogP contribution in [0.4, 0.5) is 17.1 Å². The Morgan fingerprint density at radius 1 is 0.380 bits per heavy atom. The molecule has 0 saturated heterocycles. The van der Waals surface area contributed by atoms with Gasteiger partial charge in [-0.3, -0.25) is 0 Å². The Balaban J connectivity index is 1.16. The van der Waals surface area contributed by atoms with E-state index in [9.17, 15) is 0 Å². The van der Waals surface area contributed by atoms with Crippen molar-refractivity contribution in [3.8, 4) is 33.4 Å². The zero-order chi connectivity index (χ0) is 33.1. The van der Waals surface area contributed by atoms with E-state index in [1.807, 2.05) is 0 Å². The Labute approximate surface area is 294 Å². The summed E-state index contributed by atoms with van der Waals surface area (Å²) >= 11 is 0. The fraction of sp³-hybridized carbons (Fsp3) is 0.0612. The van der Waals surface area contributed by atoms with Gasteiger partial charge in [-0.2, -0.15) is 0 Å². The minimum atomic E-state index is -0.345. The standard InChI is InChI=1S/C49H35N/c1-3-13-34(14-4-1)36-23-27-38(28-24-36)50(39-29-25-37(26-30-39)35-15-5-2-6-16-35)40-31-32-48-44(33-40)43-19-9-12-22-47(43)49(48)45-20-10-7-17-41(45)42-18-8-11-21-46(42)49/h1,3-5,7-33H,2,6H2. The molecule has 10 rings (SSSR count). The zero-order valence-electron chi connectivity index (χ0n) is 27.8. The summed E-state index contributed by atoms with van der Waals surface area (Å²) in [6.07, 6.45) is 9.10. The summed E-state index contributed by atoms with van der Waals surface area (Å²) in [6, 6.07) is 63.0. The first-order valence-corrected chi connectivity index (χ1v) is 17.7. The van der Waals surface area contributed by atoms with Crippen LogP contribution in [0.1, 0.15) is 40.7 Å². The topological polar surface area (TPSA) is 3.24 Å². The van der Waals surface area contributed by atoms with E-state index in [4.69, 9.17) is 0 Å². The Kier molecular flexibility index (Phi) is 6.60. The maximum Gasteiger partial charge on any atom is 0.0725 e. The van der Waals surface area contributed by atoms with Gasteiger partial charge in [-0.05, 0) is 116 Å². The van der Waals surface area contributed by atoms with Crippen LogP contribution in [0.2, 0.25) is 0 Å². The van der Waals surface area contributed by atoms with Crippen LogP contribution in [0.3, 0.4) is 0 Å². The number of allylic oxidation sites excluding steroid dienone is 4. The van der Waals surface area contributed by atoms with Crippen molar-refractivity contribution in [2.75, 3.05) is 4.90 Å². The average molecular weight is 638 g/mol. The SMILES string of the molecule is C1=CC(c2ccc(N(c3ccc(-c4ccccc4)cc3)c3ccc4c(c3)-c3ccccc3C43c4ccccc4-c4ccccc43)cc2)=CCC1. The van der Waals surface area contributed by atoms with Gasteiger partial charge in [0.05, 0.1) is 5.41 Å². The van der Waals surface area contributed by atoms with Crippen LogP contribution in [0.25, 0.3) is 39.0 Å². The third-order valence-electron chi connectivity index (χ3n) is 10.9. The van der Waals surface area contributed by atoms with Crippen molar-refractivity contribution < 1.29 is 0 Å². The predicted molar refractivity (Wildman–Crippen MR) is 209 cm³/mol. The fourth-order valence-corrected chi connectivity index (χ4v) is 8.74. The van der Waals surface area contributed by atoms with Crippen molar-refractivity contribution in [2.24, 2.45) is 0 Å². The van der Waals surface area contributed by atoms with Crippen molar-refractivity contribution in [1.29, 1.82) is 0 Å². The van der Waals surface area contributed by atoms with E-state index >= 15 is 0 Å². The summed E-state index contributed by atoms with van der Waals surface area (Å²) in [7, 11) is 0. The number of rotatable bonds is 5. The molecule has 0 atom stereocenters. The van der Waals surface area contributed by atoms with Gasteiger partial charge >= 0.3 is 0 Å². The summed E-state index contributed by atoms with van der Waals surface area (Å²) in [5.74, 6) is 0. The molecular formula is C49H35N. The minimum Gasteiger partial charge on any atom is -0.310 e. The van der Waals surface area contributed by atoms with Crippen LogP contribution in [0.15, 0.2) is 188 Å². The second-order valence-corrected chi connectivity index (χ2v) is 13.6. The summed E-state index contributed by atoms with van der Waals surface area (Å²) in [4.78, 5) is 2.41. The number of hydrogen-bond donors (Lipinski definition) is 0. The number of benzene rings is 7. The van der Waals surface area contributed by atoms with Crippen molar-refractivity contribution in [3.63, 3.8) is 0 Å². The summed E-state index contributed by atoms with van der Waals surface area (Å²) in [5, 5.41) is 0. The molecule has 0 aromatic heterocycles. The number of fused-ring (bicyclic) bond motifs is 10. The van der Waals surface area contributed by atoms with Crippen molar-refractivity contribution in [1.82, 2.24) is 0 Å². The van der Waals surface area contributed by atoms with Crippen LogP contribution in [0.5, 0.6) is 0 Å². The third kappa shape index (κ3) is 4.27. The first kappa shape index (κ1) is 28.8. The van der Waals surface area contributed by atoms with Gasteiger partial charge in [0.15, 0.2) is 0 Å². The van der Waals surface area contributed by atoms with E-state index in [0.717, 1.165) is 29.9 Å². The second-order valence-electron chi connectivity index (χ2n) is 13.6. The summed E-state index contributed by atoms with van der Waals surface area (Å²) in [5.41, 5.74) is 18.8. The molecule has 50 heavy (non-hydrogen) atoms. The molecular weight excluding hydrogens is 603 g/mol. The Morgan fingerprint density at radius 2 is 0.860 bits per heavy atom. The highest BCUT2D eigenvalue weighted by atomic mass is 15.1. The van der Waals surface area contributed by atoms with Crippen LogP contribution in [-0.2, 0) is 5.41 Å². The molecule has 1 nitrogen and oxygen atoms in total. The molecule has 236 valence electrons. The molecule has 1 spiro atoms. The maximum absolute atomic E-state index is 2.43. The van der Waals surface area contributed by atoms with E-state index in [0.29, 0.717) is 0 Å². The monoisotopic (exact) mass is 637 g/mol. The van der Waals surface area contributed by atoms with Crippen molar-refractivity contribution in [3.05, 3.63) is 216 Å². The van der Waals surface area contributed by atoms with Gasteiger partial charge in [0.1, 0.15) is 0 Å². The highest BCUT2D eigenvalue weighted by molar-refractivity contribution is 5.96. The largest absolute Gasteiger partial charge is 0.310 e. The first-order valence-electron chi connectivity index (χ1n) is 17.7. The van der Waals surface area contributed by atoms with E-state index in [-0.39, 0.29) is 5.41 Å². The number of hydrogen-bond acceptors (Lipinski definition) is 1. The predicted octanol–water partition coefficient (Wildman–Crippen LogP) is 12.9. The third-order valence-corrected chi connectivity index (χ3v) is 10.9. The molecule has 0 aliphatic heterocycles. The normalized spacial score (nSPS) is 14.4. The molecule has 3 aliphatic carbocycles. The smallest absolute Gasteiger partial charge is 0.0725 e. The molecule has 0 N–H and O–H groups in total. The number of nitrogens with zero attached hydrogens (tertiary/aromatic N) is 1. The summed E-state index contributed by atoms with van der Waals surface area (Å²) in [6.45, 7) is 0. The lowest BCUT2D eigenvalue weighted by atomic mass is 9.70. The fourth-order valence-electron chi connectivity index (χ4n) is 8.74. The van der Waals surface area contributed by atoms with Crippen LogP contribution < -0.4 is 4.90 Å². The van der Waals surface area contributed by atoms with E-state index in [1.165, 1.54) is 66.8 Å². The molecule has 7 aromatic rings. The molecule has 1 heteroatoms. The van der Waals surface area contributed by atoms with Crippen LogP contribution >= 0.6 is 0 Å². The first-order chi connectivity index (χ1) is 24.8. The Hall–Kier alpha value is -6.18. The van der Waals surface area contributed by atoms with E-state index in [2.05, 4.69) is 193 Å². The Bertz CT molecular complexity index is 2420. The lowest BCUT2D eigenvalue weighted by Gasteiger charge is -2.31. The van der Waals surface area contributed by atoms with Gasteiger partial charge in [0, 0.05) is 17.1 Å². The molecule has 0 saturated carbocycles. The van der Waals surface area contributed by atoms with E-state index < -0.39 is 0 Å². The maximum atomic E-state index is 2.43. The van der Waals surface area contributed by atoms with Gasteiger partial charge < -0.3 is 4.90 Å². The molecule has 0 amide bonds. The zero-order valence-corrected chi connectivity index (χ0v) is 27.8. The molecule has 7 aromatic carbocycles. The molecule has 0 bridgehead atoms. The highest BCUT2D eigenvalue weighted by Crippen LogP contribution is 2.63. The van der Waals surface area contributed by atoms with Crippen LogP contribution in [0, 0.1) is 0 Å².